The van der Waals surface area contributed by atoms with Crippen LogP contribution in [0.1, 0.15) is 13.8 Å². The summed E-state index contributed by atoms with van der Waals surface area (Å²) in [7, 11) is -4.00. The molecule has 0 spiro atoms. The predicted octanol–water partition coefficient (Wildman–Crippen LogP) is 1.68. The third-order valence-corrected chi connectivity index (χ3v) is 5.64. The molecule has 0 N–H and O–H groups in total. The molecule has 0 saturated carbocycles. The summed E-state index contributed by atoms with van der Waals surface area (Å²) in [6, 6.07) is 11.7. The summed E-state index contributed by atoms with van der Waals surface area (Å²) < 4.78 is 31.8. The van der Waals surface area contributed by atoms with Crippen LogP contribution in [-0.2, 0) is 19.5 Å². The van der Waals surface area contributed by atoms with Crippen LogP contribution >= 0.6 is 0 Å². The molecule has 1 saturated heterocycles. The molecule has 1 atom stereocenters. The van der Waals surface area contributed by atoms with Crippen LogP contribution in [0.15, 0.2) is 47.4 Å². The van der Waals surface area contributed by atoms with E-state index in [9.17, 15) is 13.2 Å². The Morgan fingerprint density at radius 1 is 1.14 bits per heavy atom. The van der Waals surface area contributed by atoms with Crippen LogP contribution in [0.4, 0.5) is 0 Å². The summed E-state index contributed by atoms with van der Waals surface area (Å²) in [5, 5.41) is 1.81. The van der Waals surface area contributed by atoms with E-state index in [2.05, 4.69) is 0 Å². The fourth-order valence-electron chi connectivity index (χ4n) is 2.70. The standard InChI is InChI=1S/C15H16BNO4S/c1-10(2)14-15(18)21-16-17(14)22(19,20)13-8-7-11-5-3-4-6-12(11)9-13/h3-10,14,16H,1-2H3/t14-/m1/s1. The van der Waals surface area contributed by atoms with Gasteiger partial charge in [0.1, 0.15) is 6.04 Å². The lowest BCUT2D eigenvalue weighted by atomic mass is 10.0. The van der Waals surface area contributed by atoms with Crippen molar-refractivity contribution < 1.29 is 17.9 Å². The van der Waals surface area contributed by atoms with Gasteiger partial charge in [0, 0.05) is 0 Å². The molecule has 1 aliphatic heterocycles. The normalized spacial score (nSPS) is 19.4. The predicted molar refractivity (Wildman–Crippen MR) is 84.8 cm³/mol. The van der Waals surface area contributed by atoms with Crippen LogP contribution < -0.4 is 0 Å². The second-order valence-corrected chi connectivity index (χ2v) is 7.57. The molecule has 0 unspecified atom stereocenters. The lowest BCUT2D eigenvalue weighted by Gasteiger charge is -2.22. The Labute approximate surface area is 130 Å². The van der Waals surface area contributed by atoms with Gasteiger partial charge in [-0.25, -0.2) is 8.42 Å². The zero-order valence-electron chi connectivity index (χ0n) is 12.4. The molecule has 22 heavy (non-hydrogen) atoms. The highest BCUT2D eigenvalue weighted by Crippen LogP contribution is 2.27. The molecule has 0 amide bonds. The summed E-state index contributed by atoms with van der Waals surface area (Å²) in [5.74, 6) is -0.635. The Hall–Kier alpha value is -1.86. The highest BCUT2D eigenvalue weighted by Gasteiger charge is 2.45. The van der Waals surface area contributed by atoms with Crippen molar-refractivity contribution in [2.75, 3.05) is 0 Å². The molecule has 3 rings (SSSR count). The van der Waals surface area contributed by atoms with Crippen molar-refractivity contribution in [2.45, 2.75) is 24.8 Å². The summed E-state index contributed by atoms with van der Waals surface area (Å²) in [5.41, 5.74) is 0. The topological polar surface area (TPSA) is 63.7 Å². The van der Waals surface area contributed by atoms with Crippen LogP contribution in [0.25, 0.3) is 10.8 Å². The highest BCUT2D eigenvalue weighted by atomic mass is 32.2. The van der Waals surface area contributed by atoms with E-state index in [-0.39, 0.29) is 18.4 Å². The molecule has 1 fully saturated rings. The van der Waals surface area contributed by atoms with E-state index in [0.29, 0.717) is 0 Å². The monoisotopic (exact) mass is 317 g/mol. The van der Waals surface area contributed by atoms with Crippen molar-refractivity contribution >= 4 is 34.4 Å². The van der Waals surface area contributed by atoms with Gasteiger partial charge in [-0.1, -0.05) is 44.2 Å². The van der Waals surface area contributed by atoms with E-state index >= 15 is 0 Å². The first-order valence-electron chi connectivity index (χ1n) is 7.08. The van der Waals surface area contributed by atoms with Crippen molar-refractivity contribution in [2.24, 2.45) is 5.92 Å². The molecule has 0 radical (unpaired) electrons. The van der Waals surface area contributed by atoms with Gasteiger partial charge >= 0.3 is 13.6 Å². The van der Waals surface area contributed by atoms with E-state index in [1.54, 1.807) is 32.0 Å². The number of carbonyl (C=O) groups is 1. The fourth-order valence-corrected chi connectivity index (χ4v) is 4.30. The smallest absolute Gasteiger partial charge is 0.448 e. The van der Waals surface area contributed by atoms with Crippen molar-refractivity contribution in [3.63, 3.8) is 0 Å². The number of nitrogens with zero attached hydrogens (tertiary/aromatic N) is 1. The number of fused-ring (bicyclic) bond motifs is 1. The molecule has 2 aromatic rings. The highest BCUT2D eigenvalue weighted by molar-refractivity contribution is 7.90. The number of hydrogen-bond donors (Lipinski definition) is 0. The second kappa shape index (κ2) is 5.41. The quantitative estimate of drug-likeness (QED) is 0.808. The van der Waals surface area contributed by atoms with Crippen molar-refractivity contribution in [1.29, 1.82) is 0 Å². The maximum absolute atomic E-state index is 12.8. The third-order valence-electron chi connectivity index (χ3n) is 3.84. The molecule has 7 heteroatoms. The maximum Gasteiger partial charge on any atom is 0.448 e. The molecule has 0 aromatic heterocycles. The molecule has 1 heterocycles. The van der Waals surface area contributed by atoms with E-state index in [4.69, 9.17) is 4.65 Å². The SMILES string of the molecule is CC(C)[C@@H]1C(=O)OBN1S(=O)(=O)c1ccc2ccccc2c1. The summed E-state index contributed by atoms with van der Waals surface area (Å²) >= 11 is 0. The minimum atomic E-state index is -3.77. The van der Waals surface area contributed by atoms with Gasteiger partial charge in [0.15, 0.2) is 0 Å². The Morgan fingerprint density at radius 2 is 1.82 bits per heavy atom. The van der Waals surface area contributed by atoms with Gasteiger partial charge in [0.2, 0.25) is 10.0 Å². The zero-order valence-corrected chi connectivity index (χ0v) is 13.2. The van der Waals surface area contributed by atoms with E-state index < -0.39 is 22.0 Å². The molecule has 2 aromatic carbocycles. The first-order chi connectivity index (χ1) is 10.4. The number of hydrogen-bond acceptors (Lipinski definition) is 4. The summed E-state index contributed by atoms with van der Waals surface area (Å²) in [4.78, 5) is 12.0. The first kappa shape index (κ1) is 15.1. The Balaban J connectivity index is 2.06. The first-order valence-corrected chi connectivity index (χ1v) is 8.52. The molecule has 1 aliphatic rings. The van der Waals surface area contributed by atoms with Crippen LogP contribution in [0, 0.1) is 5.92 Å². The average molecular weight is 317 g/mol. The van der Waals surface area contributed by atoms with Crippen LogP contribution in [-0.4, -0.2) is 32.3 Å². The number of benzene rings is 2. The van der Waals surface area contributed by atoms with E-state index in [1.165, 1.54) is 0 Å². The van der Waals surface area contributed by atoms with E-state index in [0.717, 1.165) is 15.0 Å². The van der Waals surface area contributed by atoms with Crippen molar-refractivity contribution in [1.82, 2.24) is 4.22 Å². The van der Waals surface area contributed by atoms with Gasteiger partial charge in [0.25, 0.3) is 0 Å². The minimum absolute atomic E-state index is 0.148. The van der Waals surface area contributed by atoms with Gasteiger partial charge in [0.05, 0.1) is 4.90 Å². The van der Waals surface area contributed by atoms with Gasteiger partial charge in [-0.3, -0.25) is 4.79 Å². The molecular weight excluding hydrogens is 301 g/mol. The fraction of sp³-hybridized carbons (Fsp3) is 0.267. The van der Waals surface area contributed by atoms with Crippen molar-refractivity contribution in [3.8, 4) is 0 Å². The molecule has 0 aliphatic carbocycles. The molecule has 0 bridgehead atoms. The minimum Gasteiger partial charge on any atom is -0.521 e. The van der Waals surface area contributed by atoms with E-state index in [1.807, 2.05) is 24.3 Å². The number of carbonyl (C=O) groups excluding carboxylic acids is 1. The summed E-state index contributed by atoms with van der Waals surface area (Å²) in [6.07, 6.45) is 0. The van der Waals surface area contributed by atoms with Crippen LogP contribution in [0.3, 0.4) is 0 Å². The second-order valence-electron chi connectivity index (χ2n) is 5.68. The average Bonchev–Trinajstić information content (AvgIpc) is 2.89. The number of sulfonamides is 1. The zero-order chi connectivity index (χ0) is 15.9. The Bertz CT molecular complexity index is 834. The van der Waals surface area contributed by atoms with Crippen molar-refractivity contribution in [3.05, 3.63) is 42.5 Å². The summed E-state index contributed by atoms with van der Waals surface area (Å²) in [6.45, 7) is 3.61. The van der Waals surface area contributed by atoms with Gasteiger partial charge in [-0.2, -0.15) is 4.22 Å². The van der Waals surface area contributed by atoms with Crippen LogP contribution in [0.5, 0.6) is 0 Å². The Morgan fingerprint density at radius 3 is 2.50 bits per heavy atom. The molecule has 5 nitrogen and oxygen atoms in total. The maximum atomic E-state index is 12.8. The van der Waals surface area contributed by atoms with Gasteiger partial charge in [-0.15, -0.1) is 0 Å². The molecular formula is C15H16BNO4S. The number of rotatable bonds is 3. The molecule has 114 valence electrons. The van der Waals surface area contributed by atoms with Gasteiger partial charge in [-0.05, 0) is 28.8 Å². The lowest BCUT2D eigenvalue weighted by molar-refractivity contribution is -0.135. The Kier molecular flexibility index (Phi) is 3.70. The van der Waals surface area contributed by atoms with Gasteiger partial charge < -0.3 is 4.65 Å². The lowest BCUT2D eigenvalue weighted by Crippen LogP contribution is -2.42. The largest absolute Gasteiger partial charge is 0.521 e. The van der Waals surface area contributed by atoms with Crippen LogP contribution in [0.2, 0.25) is 0 Å². The third kappa shape index (κ3) is 2.40.